The van der Waals surface area contributed by atoms with Crippen molar-refractivity contribution in [1.82, 2.24) is 4.98 Å². The molecule has 0 radical (unpaired) electrons. The number of rotatable bonds is 9. The molecule has 0 atom stereocenters. The summed E-state index contributed by atoms with van der Waals surface area (Å²) in [6.45, 7) is 6.41. The molecule has 0 aliphatic rings. The molecule has 0 aliphatic heterocycles. The number of ketones is 1. The molecule has 2 aromatic carbocycles. The van der Waals surface area contributed by atoms with Gasteiger partial charge in [0, 0.05) is 18.4 Å². The number of aromatic nitrogens is 1. The van der Waals surface area contributed by atoms with Gasteiger partial charge in [0.15, 0.2) is 17.3 Å². The summed E-state index contributed by atoms with van der Waals surface area (Å²) in [7, 11) is 3.16. The van der Waals surface area contributed by atoms with Gasteiger partial charge in [0.05, 0.1) is 32.1 Å². The highest BCUT2D eigenvalue weighted by Gasteiger charge is 2.15. The lowest BCUT2D eigenvalue weighted by atomic mass is 10.0. The van der Waals surface area contributed by atoms with Crippen LogP contribution in [-0.2, 0) is 6.42 Å². The largest absolute Gasteiger partial charge is 0.493 e. The van der Waals surface area contributed by atoms with Gasteiger partial charge in [-0.1, -0.05) is 26.0 Å². The van der Waals surface area contributed by atoms with Crippen molar-refractivity contribution in [2.24, 2.45) is 0 Å². The van der Waals surface area contributed by atoms with E-state index in [0.717, 1.165) is 5.56 Å². The summed E-state index contributed by atoms with van der Waals surface area (Å²) < 4.78 is 21.7. The minimum atomic E-state index is 0.0136. The van der Waals surface area contributed by atoms with E-state index in [9.17, 15) is 4.79 Å². The molecule has 6 heteroatoms. The van der Waals surface area contributed by atoms with Gasteiger partial charge in [-0.3, -0.25) is 4.79 Å². The monoisotopic (exact) mass is 411 g/mol. The molecule has 6 nitrogen and oxygen atoms in total. The number of aryl methyl sites for hydroxylation is 1. The molecule has 0 bridgehead atoms. The number of methoxy groups -OCH3 is 2. The number of hydrogen-bond acceptors (Lipinski definition) is 6. The van der Waals surface area contributed by atoms with Crippen molar-refractivity contribution in [2.45, 2.75) is 33.6 Å². The van der Waals surface area contributed by atoms with Crippen molar-refractivity contribution in [3.05, 3.63) is 60.0 Å². The lowest BCUT2D eigenvalue weighted by Crippen LogP contribution is -2.05. The molecule has 3 aromatic rings. The quantitative estimate of drug-likeness (QED) is 0.427. The van der Waals surface area contributed by atoms with Crippen LogP contribution in [0.3, 0.4) is 0 Å². The molecule has 0 N–H and O–H groups in total. The van der Waals surface area contributed by atoms with Gasteiger partial charge in [0.1, 0.15) is 12.0 Å². The van der Waals surface area contributed by atoms with Gasteiger partial charge >= 0.3 is 0 Å². The Morgan fingerprint density at radius 3 is 2.43 bits per heavy atom. The van der Waals surface area contributed by atoms with E-state index in [0.29, 0.717) is 53.8 Å². The number of nitrogens with zero attached hydrogens (tertiary/aromatic N) is 1. The molecule has 3 rings (SSSR count). The number of hydrogen-bond donors (Lipinski definition) is 0. The van der Waals surface area contributed by atoms with E-state index < -0.39 is 0 Å². The number of Topliss-reactive ketones (excluding diaryl/α,β-unsaturated/α-hetero) is 1. The van der Waals surface area contributed by atoms with Crippen LogP contribution in [0.1, 0.15) is 43.2 Å². The fourth-order valence-electron chi connectivity index (χ4n) is 2.88. The van der Waals surface area contributed by atoms with Crippen molar-refractivity contribution < 1.29 is 23.4 Å². The molecule has 30 heavy (non-hydrogen) atoms. The first kappa shape index (κ1) is 23.0. The predicted molar refractivity (Wildman–Crippen MR) is 117 cm³/mol. The fourth-order valence-corrected chi connectivity index (χ4v) is 2.88. The van der Waals surface area contributed by atoms with Gasteiger partial charge < -0.3 is 18.6 Å². The molecule has 1 heterocycles. The van der Waals surface area contributed by atoms with Crippen LogP contribution in [-0.4, -0.2) is 31.6 Å². The Hall–Kier alpha value is -3.28. The fraction of sp³-hybridized carbons (Fsp3) is 0.333. The summed E-state index contributed by atoms with van der Waals surface area (Å²) in [6.07, 6.45) is 2.38. The first-order chi connectivity index (χ1) is 14.7. The topological polar surface area (TPSA) is 70.8 Å². The standard InChI is InChI=1S/C22H23NO5.C2H6/c1-4-27-19-8-6-5-7-17(19)18(24)11-10-16-14-28-22(23-16)15-9-12-20(25-2)21(13-15)26-3;1-2/h5-9,12-14H,4,10-11H2,1-3H3;1-2H3. The molecule has 0 saturated heterocycles. The zero-order valence-electron chi connectivity index (χ0n) is 18.2. The maximum Gasteiger partial charge on any atom is 0.226 e. The average Bonchev–Trinajstić information content (AvgIpc) is 3.28. The second kappa shape index (κ2) is 11.7. The third-order valence-corrected chi connectivity index (χ3v) is 4.28. The Morgan fingerprint density at radius 1 is 1.00 bits per heavy atom. The zero-order valence-corrected chi connectivity index (χ0v) is 18.2. The van der Waals surface area contributed by atoms with Gasteiger partial charge in [-0.2, -0.15) is 0 Å². The summed E-state index contributed by atoms with van der Waals surface area (Å²) in [4.78, 5) is 17.1. The lowest BCUT2D eigenvalue weighted by molar-refractivity contribution is 0.0979. The minimum Gasteiger partial charge on any atom is -0.493 e. The number of oxazole rings is 1. The normalized spacial score (nSPS) is 10.0. The van der Waals surface area contributed by atoms with Gasteiger partial charge in [-0.15, -0.1) is 0 Å². The van der Waals surface area contributed by atoms with E-state index in [4.69, 9.17) is 18.6 Å². The molecule has 0 aliphatic carbocycles. The van der Waals surface area contributed by atoms with Crippen LogP contribution in [0.4, 0.5) is 0 Å². The maximum atomic E-state index is 12.6. The summed E-state index contributed by atoms with van der Waals surface area (Å²) in [6, 6.07) is 12.7. The second-order valence-corrected chi connectivity index (χ2v) is 6.07. The molecule has 0 amide bonds. The van der Waals surface area contributed by atoms with Crippen LogP contribution >= 0.6 is 0 Å². The van der Waals surface area contributed by atoms with E-state index in [-0.39, 0.29) is 5.78 Å². The van der Waals surface area contributed by atoms with Crippen molar-refractivity contribution in [2.75, 3.05) is 20.8 Å². The second-order valence-electron chi connectivity index (χ2n) is 6.07. The van der Waals surface area contributed by atoms with E-state index in [1.54, 1.807) is 38.7 Å². The Morgan fingerprint density at radius 2 is 1.73 bits per heavy atom. The molecule has 0 fully saturated rings. The predicted octanol–water partition coefficient (Wildman–Crippen LogP) is 5.60. The van der Waals surface area contributed by atoms with Crippen LogP contribution in [0, 0.1) is 0 Å². The summed E-state index contributed by atoms with van der Waals surface area (Å²) >= 11 is 0. The van der Waals surface area contributed by atoms with Crippen LogP contribution in [0.5, 0.6) is 17.2 Å². The smallest absolute Gasteiger partial charge is 0.226 e. The highest BCUT2D eigenvalue weighted by atomic mass is 16.5. The van der Waals surface area contributed by atoms with Gasteiger partial charge in [0.2, 0.25) is 5.89 Å². The molecular weight excluding hydrogens is 382 g/mol. The third kappa shape index (κ3) is 5.63. The van der Waals surface area contributed by atoms with E-state index in [1.165, 1.54) is 0 Å². The first-order valence-corrected chi connectivity index (χ1v) is 10.1. The number of carbonyl (C=O) groups is 1. The molecular formula is C24H29NO5. The van der Waals surface area contributed by atoms with Crippen molar-refractivity contribution in [1.29, 1.82) is 0 Å². The first-order valence-electron chi connectivity index (χ1n) is 10.1. The highest BCUT2D eigenvalue weighted by molar-refractivity contribution is 5.98. The van der Waals surface area contributed by atoms with E-state index in [2.05, 4.69) is 4.98 Å². The Bertz CT molecular complexity index is 948. The Balaban J connectivity index is 0.00000155. The molecule has 0 spiro atoms. The number of para-hydroxylation sites is 1. The summed E-state index contributed by atoms with van der Waals surface area (Å²) in [5.74, 6) is 2.33. The van der Waals surface area contributed by atoms with Crippen LogP contribution in [0.15, 0.2) is 53.1 Å². The SMILES string of the molecule is CC.CCOc1ccccc1C(=O)CCc1coc(-c2ccc(OC)c(OC)c2)n1. The van der Waals surface area contributed by atoms with Crippen LogP contribution in [0.2, 0.25) is 0 Å². The molecule has 0 unspecified atom stereocenters. The highest BCUT2D eigenvalue weighted by Crippen LogP contribution is 2.32. The molecule has 0 saturated carbocycles. The molecule has 1 aromatic heterocycles. The lowest BCUT2D eigenvalue weighted by Gasteiger charge is -2.08. The number of benzene rings is 2. The maximum absolute atomic E-state index is 12.6. The van der Waals surface area contributed by atoms with Crippen molar-refractivity contribution in [3.8, 4) is 28.7 Å². The minimum absolute atomic E-state index is 0.0136. The van der Waals surface area contributed by atoms with Gasteiger partial charge in [0.25, 0.3) is 0 Å². The zero-order chi connectivity index (χ0) is 21.9. The van der Waals surface area contributed by atoms with Crippen LogP contribution < -0.4 is 14.2 Å². The number of ether oxygens (including phenoxy) is 3. The van der Waals surface area contributed by atoms with Crippen molar-refractivity contribution in [3.63, 3.8) is 0 Å². The van der Waals surface area contributed by atoms with E-state index in [1.807, 2.05) is 45.0 Å². The molecule has 160 valence electrons. The number of carbonyl (C=O) groups excluding carboxylic acids is 1. The summed E-state index contributed by atoms with van der Waals surface area (Å²) in [5.41, 5.74) is 2.08. The van der Waals surface area contributed by atoms with Crippen LogP contribution in [0.25, 0.3) is 11.5 Å². The Labute approximate surface area is 177 Å². The average molecular weight is 411 g/mol. The Kier molecular flexibility index (Phi) is 8.94. The van der Waals surface area contributed by atoms with Crippen molar-refractivity contribution >= 4 is 5.78 Å². The van der Waals surface area contributed by atoms with E-state index >= 15 is 0 Å². The van der Waals surface area contributed by atoms with Gasteiger partial charge in [-0.25, -0.2) is 4.98 Å². The summed E-state index contributed by atoms with van der Waals surface area (Å²) in [5, 5.41) is 0. The third-order valence-electron chi connectivity index (χ3n) is 4.28. The van der Waals surface area contributed by atoms with Gasteiger partial charge in [-0.05, 0) is 37.3 Å².